The van der Waals surface area contributed by atoms with Crippen molar-refractivity contribution in [2.24, 2.45) is 11.8 Å². The number of rotatable bonds is 5. The molecule has 1 aromatic carbocycles. The lowest BCUT2D eigenvalue weighted by Crippen LogP contribution is -2.38. The second-order valence-electron chi connectivity index (χ2n) is 5.58. The Morgan fingerprint density at radius 2 is 1.95 bits per heavy atom. The van der Waals surface area contributed by atoms with Gasteiger partial charge in [0.15, 0.2) is 0 Å². The molecule has 1 N–H and O–H groups in total. The lowest BCUT2D eigenvalue weighted by Gasteiger charge is -2.20. The first-order chi connectivity index (χ1) is 10.5. The van der Waals surface area contributed by atoms with Crippen molar-refractivity contribution in [3.63, 3.8) is 0 Å². The third-order valence-electron chi connectivity index (χ3n) is 3.96. The fourth-order valence-electron chi connectivity index (χ4n) is 2.82. The molecule has 0 spiro atoms. The van der Waals surface area contributed by atoms with Gasteiger partial charge in [-0.15, -0.1) is 0 Å². The lowest BCUT2D eigenvalue weighted by molar-refractivity contribution is -0.147. The summed E-state index contributed by atoms with van der Waals surface area (Å²) in [7, 11) is 1.53. The van der Waals surface area contributed by atoms with Crippen LogP contribution in [0.1, 0.15) is 5.56 Å². The number of nitrogens with zero attached hydrogens (tertiary/aromatic N) is 3. The van der Waals surface area contributed by atoms with Crippen molar-refractivity contribution in [2.75, 3.05) is 26.7 Å². The molecule has 0 aromatic heterocycles. The van der Waals surface area contributed by atoms with Crippen LogP contribution in [0, 0.1) is 23.2 Å². The monoisotopic (exact) mass is 301 g/mol. The molecule has 2 atom stereocenters. The molecule has 1 heterocycles. The van der Waals surface area contributed by atoms with E-state index in [0.29, 0.717) is 19.6 Å². The number of hydrogen-bond donors (Lipinski definition) is 1. The average molecular weight is 301 g/mol. The van der Waals surface area contributed by atoms with E-state index < -0.39 is 17.8 Å². The Morgan fingerprint density at radius 1 is 1.32 bits per heavy atom. The number of amides is 1. The summed E-state index contributed by atoms with van der Waals surface area (Å²) in [4.78, 5) is 27.0. The average Bonchev–Trinajstić information content (AvgIpc) is 2.92. The number of likely N-dealkylation sites (tertiary alicyclic amines) is 1. The van der Waals surface area contributed by atoms with E-state index in [-0.39, 0.29) is 12.5 Å². The Morgan fingerprint density at radius 3 is 2.55 bits per heavy atom. The quantitative estimate of drug-likeness (QED) is 0.813. The summed E-state index contributed by atoms with van der Waals surface area (Å²) in [6.07, 6.45) is 0. The van der Waals surface area contributed by atoms with Crippen LogP contribution in [0.5, 0.6) is 0 Å². The molecule has 2 rings (SSSR count). The van der Waals surface area contributed by atoms with Crippen LogP contribution in [0.4, 0.5) is 0 Å². The Bertz CT molecular complexity index is 582. The summed E-state index contributed by atoms with van der Waals surface area (Å²) >= 11 is 0. The molecule has 1 aromatic rings. The number of carboxylic acid groups (broad SMARTS) is 1. The lowest BCUT2D eigenvalue weighted by atomic mass is 9.95. The molecule has 6 heteroatoms. The molecule has 1 fully saturated rings. The molecule has 0 aliphatic carbocycles. The summed E-state index contributed by atoms with van der Waals surface area (Å²) < 4.78 is 0. The van der Waals surface area contributed by atoms with Crippen molar-refractivity contribution in [1.29, 1.82) is 5.26 Å². The minimum Gasteiger partial charge on any atom is -0.481 e. The van der Waals surface area contributed by atoms with Gasteiger partial charge < -0.3 is 10.0 Å². The molecule has 6 nitrogen and oxygen atoms in total. The van der Waals surface area contributed by atoms with Crippen LogP contribution in [-0.2, 0) is 16.1 Å². The van der Waals surface area contributed by atoms with E-state index in [1.54, 1.807) is 0 Å². The van der Waals surface area contributed by atoms with Gasteiger partial charge in [-0.1, -0.05) is 30.3 Å². The molecular formula is C16H19N3O3. The third-order valence-corrected chi connectivity index (χ3v) is 3.96. The number of hydrogen-bond acceptors (Lipinski definition) is 4. The zero-order valence-corrected chi connectivity index (χ0v) is 12.5. The maximum absolute atomic E-state index is 12.3. The molecule has 1 aliphatic rings. The number of carbonyl (C=O) groups excluding carboxylic acids is 1. The van der Waals surface area contributed by atoms with Gasteiger partial charge in [0, 0.05) is 26.7 Å². The molecule has 0 radical (unpaired) electrons. The van der Waals surface area contributed by atoms with Crippen LogP contribution in [0.3, 0.4) is 0 Å². The Hall–Kier alpha value is -2.39. The molecule has 0 unspecified atom stereocenters. The zero-order chi connectivity index (χ0) is 16.1. The highest BCUT2D eigenvalue weighted by atomic mass is 16.4. The van der Waals surface area contributed by atoms with Crippen molar-refractivity contribution in [2.45, 2.75) is 6.54 Å². The zero-order valence-electron chi connectivity index (χ0n) is 12.5. The molecule has 1 aliphatic heterocycles. The number of benzene rings is 1. The van der Waals surface area contributed by atoms with Gasteiger partial charge in [0.25, 0.3) is 0 Å². The van der Waals surface area contributed by atoms with E-state index in [0.717, 1.165) is 5.56 Å². The maximum atomic E-state index is 12.3. The van der Waals surface area contributed by atoms with Gasteiger partial charge in [0.2, 0.25) is 5.91 Å². The SMILES string of the molecule is CN(CC#N)C(=O)[C@H]1CN(Cc2ccccc2)C[C@H]1C(=O)O. The number of carbonyl (C=O) groups is 2. The van der Waals surface area contributed by atoms with Crippen LogP contribution in [-0.4, -0.2) is 53.5 Å². The molecule has 0 saturated carbocycles. The van der Waals surface area contributed by atoms with Crippen molar-refractivity contribution < 1.29 is 14.7 Å². The van der Waals surface area contributed by atoms with E-state index >= 15 is 0 Å². The Labute approximate surface area is 129 Å². The van der Waals surface area contributed by atoms with Crippen molar-refractivity contribution >= 4 is 11.9 Å². The van der Waals surface area contributed by atoms with E-state index in [4.69, 9.17) is 5.26 Å². The van der Waals surface area contributed by atoms with Crippen molar-refractivity contribution in [1.82, 2.24) is 9.80 Å². The maximum Gasteiger partial charge on any atom is 0.308 e. The summed E-state index contributed by atoms with van der Waals surface area (Å²) in [5, 5.41) is 18.0. The Kier molecular flexibility index (Phi) is 5.12. The van der Waals surface area contributed by atoms with Gasteiger partial charge in [0.05, 0.1) is 17.9 Å². The highest BCUT2D eigenvalue weighted by Crippen LogP contribution is 2.26. The molecule has 116 valence electrons. The van der Waals surface area contributed by atoms with Crippen LogP contribution in [0.15, 0.2) is 30.3 Å². The first-order valence-corrected chi connectivity index (χ1v) is 7.14. The van der Waals surface area contributed by atoms with E-state index in [2.05, 4.69) is 0 Å². The summed E-state index contributed by atoms with van der Waals surface area (Å²) in [6, 6.07) is 11.7. The highest BCUT2D eigenvalue weighted by molar-refractivity contribution is 5.85. The fourth-order valence-corrected chi connectivity index (χ4v) is 2.82. The molecule has 1 saturated heterocycles. The van der Waals surface area contributed by atoms with Crippen LogP contribution < -0.4 is 0 Å². The molecule has 1 amide bonds. The first-order valence-electron chi connectivity index (χ1n) is 7.14. The van der Waals surface area contributed by atoms with Gasteiger partial charge in [-0.05, 0) is 5.56 Å². The van der Waals surface area contributed by atoms with E-state index in [9.17, 15) is 14.7 Å². The van der Waals surface area contributed by atoms with Crippen LogP contribution in [0.25, 0.3) is 0 Å². The van der Waals surface area contributed by atoms with Gasteiger partial charge in [-0.25, -0.2) is 0 Å². The molecular weight excluding hydrogens is 282 g/mol. The smallest absolute Gasteiger partial charge is 0.308 e. The normalized spacial score (nSPS) is 21.3. The second kappa shape index (κ2) is 7.05. The second-order valence-corrected chi connectivity index (χ2v) is 5.58. The van der Waals surface area contributed by atoms with Crippen LogP contribution >= 0.6 is 0 Å². The highest BCUT2D eigenvalue weighted by Gasteiger charge is 2.42. The predicted octanol–water partition coefficient (Wildman–Crippen LogP) is 0.801. The third kappa shape index (κ3) is 3.62. The van der Waals surface area contributed by atoms with Crippen molar-refractivity contribution in [3.05, 3.63) is 35.9 Å². The summed E-state index contributed by atoms with van der Waals surface area (Å²) in [6.45, 7) is 1.35. The van der Waals surface area contributed by atoms with E-state index in [1.165, 1.54) is 11.9 Å². The topological polar surface area (TPSA) is 84.6 Å². The Balaban J connectivity index is 2.08. The standard InChI is InChI=1S/C16H19N3O3/c1-18(8-7-17)15(20)13-10-19(11-14(13)16(21)22)9-12-5-3-2-4-6-12/h2-6,13-14H,8-11H2,1H3,(H,21,22)/t13-,14+/m0/s1. The van der Waals surface area contributed by atoms with E-state index in [1.807, 2.05) is 41.3 Å². The predicted molar refractivity (Wildman–Crippen MR) is 79.6 cm³/mol. The van der Waals surface area contributed by atoms with Gasteiger partial charge in [-0.3, -0.25) is 14.5 Å². The number of nitriles is 1. The summed E-state index contributed by atoms with van der Waals surface area (Å²) in [5.74, 6) is -2.55. The van der Waals surface area contributed by atoms with Gasteiger partial charge in [-0.2, -0.15) is 5.26 Å². The van der Waals surface area contributed by atoms with Gasteiger partial charge in [0.1, 0.15) is 6.54 Å². The fraction of sp³-hybridized carbons (Fsp3) is 0.438. The number of carboxylic acids is 1. The van der Waals surface area contributed by atoms with Crippen LogP contribution in [0.2, 0.25) is 0 Å². The minimum atomic E-state index is -0.959. The summed E-state index contributed by atoms with van der Waals surface area (Å²) in [5.41, 5.74) is 1.09. The largest absolute Gasteiger partial charge is 0.481 e. The molecule has 0 bridgehead atoms. The first kappa shape index (κ1) is 16.0. The molecule has 22 heavy (non-hydrogen) atoms. The van der Waals surface area contributed by atoms with Gasteiger partial charge >= 0.3 is 5.97 Å². The van der Waals surface area contributed by atoms with Crippen molar-refractivity contribution in [3.8, 4) is 6.07 Å². The minimum absolute atomic E-state index is 0.0274. The number of aliphatic carboxylic acids is 1.